The summed E-state index contributed by atoms with van der Waals surface area (Å²) in [5, 5.41) is 11.9. The van der Waals surface area contributed by atoms with Crippen molar-refractivity contribution in [2.24, 2.45) is 0 Å². The molecule has 1 atom stereocenters. The SMILES string of the molecule is CCCSc1nc2n(n1)C(c1ccccc1)C(C(=O)Nc1ccc(C)cc1C)=C(C)N2. The van der Waals surface area contributed by atoms with Crippen molar-refractivity contribution in [2.75, 3.05) is 16.4 Å². The van der Waals surface area contributed by atoms with Gasteiger partial charge in [-0.15, -0.1) is 5.10 Å². The number of nitrogens with zero attached hydrogens (tertiary/aromatic N) is 3. The summed E-state index contributed by atoms with van der Waals surface area (Å²) in [5.41, 5.74) is 5.42. The molecule has 0 saturated heterocycles. The Hall–Kier alpha value is -3.06. The number of carbonyl (C=O) groups is 1. The van der Waals surface area contributed by atoms with Gasteiger partial charge >= 0.3 is 0 Å². The van der Waals surface area contributed by atoms with E-state index in [0.717, 1.165) is 40.2 Å². The molecule has 1 aliphatic rings. The third-order valence-electron chi connectivity index (χ3n) is 5.26. The Bertz CT molecular complexity index is 1140. The Balaban J connectivity index is 1.74. The first kappa shape index (κ1) is 21.2. The van der Waals surface area contributed by atoms with Gasteiger partial charge in [0.2, 0.25) is 11.1 Å². The van der Waals surface area contributed by atoms with E-state index >= 15 is 0 Å². The molecule has 160 valence electrons. The predicted molar refractivity (Wildman–Crippen MR) is 126 cm³/mol. The lowest BCUT2D eigenvalue weighted by Crippen LogP contribution is -2.31. The minimum Gasteiger partial charge on any atom is -0.328 e. The average Bonchev–Trinajstić information content (AvgIpc) is 3.16. The quantitative estimate of drug-likeness (QED) is 0.515. The molecule has 4 rings (SSSR count). The Labute approximate surface area is 187 Å². The fraction of sp³-hybridized carbons (Fsp3) is 0.292. The largest absolute Gasteiger partial charge is 0.328 e. The molecule has 0 spiro atoms. The lowest BCUT2D eigenvalue weighted by atomic mass is 9.95. The standard InChI is InChI=1S/C24H27N5OS/c1-5-13-31-24-27-23-25-17(4)20(21(29(23)28-24)18-9-7-6-8-10-18)22(30)26-19-12-11-15(2)14-16(19)3/h6-12,14,21H,5,13H2,1-4H3,(H,26,30)(H,25,27,28). The Morgan fingerprint density at radius 1 is 1.16 bits per heavy atom. The minimum absolute atomic E-state index is 0.144. The van der Waals surface area contributed by atoms with E-state index in [1.807, 2.05) is 67.9 Å². The van der Waals surface area contributed by atoms with E-state index < -0.39 is 0 Å². The molecule has 0 saturated carbocycles. The van der Waals surface area contributed by atoms with Gasteiger partial charge in [-0.3, -0.25) is 4.79 Å². The molecule has 1 aliphatic heterocycles. The molecular weight excluding hydrogens is 406 g/mol. The van der Waals surface area contributed by atoms with Crippen molar-refractivity contribution >= 4 is 29.3 Å². The third kappa shape index (κ3) is 4.37. The Kier molecular flexibility index (Phi) is 6.13. The van der Waals surface area contributed by atoms with E-state index in [1.165, 1.54) is 0 Å². The maximum atomic E-state index is 13.5. The fourth-order valence-corrected chi connectivity index (χ4v) is 4.45. The van der Waals surface area contributed by atoms with Gasteiger partial charge < -0.3 is 10.6 Å². The molecule has 0 radical (unpaired) electrons. The van der Waals surface area contributed by atoms with Crippen LogP contribution in [0.15, 0.2) is 65.0 Å². The summed E-state index contributed by atoms with van der Waals surface area (Å²) in [5.74, 6) is 1.47. The van der Waals surface area contributed by atoms with Crippen LogP contribution in [0.2, 0.25) is 0 Å². The van der Waals surface area contributed by atoms with Crippen molar-refractivity contribution in [3.63, 3.8) is 0 Å². The van der Waals surface area contributed by atoms with Gasteiger partial charge in [-0.25, -0.2) is 4.68 Å². The first-order valence-corrected chi connectivity index (χ1v) is 11.5. The molecule has 1 unspecified atom stereocenters. The average molecular weight is 434 g/mol. The van der Waals surface area contributed by atoms with Crippen molar-refractivity contribution in [1.29, 1.82) is 0 Å². The summed E-state index contributed by atoms with van der Waals surface area (Å²) in [6, 6.07) is 15.7. The number of allylic oxidation sites excluding steroid dienone is 1. The van der Waals surface area contributed by atoms with Crippen LogP contribution in [0.3, 0.4) is 0 Å². The van der Waals surface area contributed by atoms with Crippen LogP contribution in [0.1, 0.15) is 43.0 Å². The summed E-state index contributed by atoms with van der Waals surface area (Å²) in [6.07, 6.45) is 1.05. The zero-order chi connectivity index (χ0) is 22.0. The van der Waals surface area contributed by atoms with E-state index in [1.54, 1.807) is 11.8 Å². The van der Waals surface area contributed by atoms with Gasteiger partial charge in [0.1, 0.15) is 6.04 Å². The number of nitrogens with one attached hydrogen (secondary N) is 2. The summed E-state index contributed by atoms with van der Waals surface area (Å²) in [4.78, 5) is 18.2. The molecule has 1 amide bonds. The predicted octanol–water partition coefficient (Wildman–Crippen LogP) is 5.32. The molecule has 2 heterocycles. The van der Waals surface area contributed by atoms with Gasteiger partial charge in [0, 0.05) is 17.1 Å². The summed E-state index contributed by atoms with van der Waals surface area (Å²) >= 11 is 1.63. The van der Waals surface area contributed by atoms with Crippen LogP contribution in [0.25, 0.3) is 0 Å². The van der Waals surface area contributed by atoms with Crippen LogP contribution in [-0.2, 0) is 4.79 Å². The Morgan fingerprint density at radius 3 is 2.65 bits per heavy atom. The molecule has 0 bridgehead atoms. The number of fused-ring (bicyclic) bond motifs is 1. The number of hydrogen-bond acceptors (Lipinski definition) is 5. The van der Waals surface area contributed by atoms with Gasteiger partial charge in [-0.05, 0) is 44.4 Å². The maximum absolute atomic E-state index is 13.5. The second kappa shape index (κ2) is 8.98. The molecule has 0 fully saturated rings. The van der Waals surface area contributed by atoms with Crippen molar-refractivity contribution in [1.82, 2.24) is 14.8 Å². The zero-order valence-corrected chi connectivity index (χ0v) is 19.1. The van der Waals surface area contributed by atoms with Crippen molar-refractivity contribution in [3.8, 4) is 0 Å². The number of carbonyl (C=O) groups excluding carboxylic acids is 1. The highest BCUT2D eigenvalue weighted by molar-refractivity contribution is 7.99. The number of anilines is 2. The molecule has 1 aromatic heterocycles. The molecule has 7 heteroatoms. The lowest BCUT2D eigenvalue weighted by molar-refractivity contribution is -0.113. The summed E-state index contributed by atoms with van der Waals surface area (Å²) in [6.45, 7) is 8.10. The van der Waals surface area contributed by atoms with E-state index in [9.17, 15) is 4.79 Å². The van der Waals surface area contributed by atoms with Crippen LogP contribution in [-0.4, -0.2) is 26.4 Å². The topological polar surface area (TPSA) is 71.8 Å². The third-order valence-corrected chi connectivity index (χ3v) is 6.30. The molecule has 31 heavy (non-hydrogen) atoms. The molecule has 2 aromatic carbocycles. The number of benzene rings is 2. The fourth-order valence-electron chi connectivity index (χ4n) is 3.77. The smallest absolute Gasteiger partial charge is 0.255 e. The number of amides is 1. The lowest BCUT2D eigenvalue weighted by Gasteiger charge is -2.28. The molecular formula is C24H27N5OS. The van der Waals surface area contributed by atoms with Crippen LogP contribution in [0, 0.1) is 13.8 Å². The first-order chi connectivity index (χ1) is 15.0. The van der Waals surface area contributed by atoms with Crippen LogP contribution >= 0.6 is 11.8 Å². The highest BCUT2D eigenvalue weighted by atomic mass is 32.2. The normalized spacial score (nSPS) is 15.4. The molecule has 2 N–H and O–H groups in total. The number of hydrogen-bond donors (Lipinski definition) is 2. The zero-order valence-electron chi connectivity index (χ0n) is 18.3. The molecule has 0 aliphatic carbocycles. The van der Waals surface area contributed by atoms with Crippen LogP contribution < -0.4 is 10.6 Å². The van der Waals surface area contributed by atoms with E-state index in [-0.39, 0.29) is 11.9 Å². The first-order valence-electron chi connectivity index (χ1n) is 10.5. The van der Waals surface area contributed by atoms with Crippen LogP contribution in [0.5, 0.6) is 0 Å². The summed E-state index contributed by atoms with van der Waals surface area (Å²) in [7, 11) is 0. The number of aromatic nitrogens is 3. The van der Waals surface area contributed by atoms with Crippen LogP contribution in [0.4, 0.5) is 11.6 Å². The number of aryl methyl sites for hydroxylation is 2. The van der Waals surface area contributed by atoms with E-state index in [4.69, 9.17) is 5.10 Å². The van der Waals surface area contributed by atoms with Gasteiger partial charge in [0.25, 0.3) is 5.91 Å². The van der Waals surface area contributed by atoms with Gasteiger partial charge in [0.05, 0.1) is 5.57 Å². The molecule has 6 nitrogen and oxygen atoms in total. The highest BCUT2D eigenvalue weighted by Gasteiger charge is 2.34. The van der Waals surface area contributed by atoms with Gasteiger partial charge in [0.15, 0.2) is 0 Å². The second-order valence-corrected chi connectivity index (χ2v) is 8.82. The van der Waals surface area contributed by atoms with Crippen molar-refractivity contribution in [2.45, 2.75) is 45.3 Å². The van der Waals surface area contributed by atoms with E-state index in [2.05, 4.69) is 28.6 Å². The van der Waals surface area contributed by atoms with E-state index in [0.29, 0.717) is 16.7 Å². The number of thioether (sulfide) groups is 1. The second-order valence-electron chi connectivity index (χ2n) is 7.76. The van der Waals surface area contributed by atoms with Gasteiger partial charge in [-0.2, -0.15) is 4.98 Å². The Morgan fingerprint density at radius 2 is 1.94 bits per heavy atom. The highest BCUT2D eigenvalue weighted by Crippen LogP contribution is 2.36. The molecule has 3 aromatic rings. The minimum atomic E-state index is -0.355. The maximum Gasteiger partial charge on any atom is 0.255 e. The van der Waals surface area contributed by atoms with Gasteiger partial charge in [-0.1, -0.05) is 66.7 Å². The number of rotatable bonds is 6. The monoisotopic (exact) mass is 433 g/mol. The summed E-state index contributed by atoms with van der Waals surface area (Å²) < 4.78 is 1.83. The van der Waals surface area contributed by atoms with Crippen molar-refractivity contribution < 1.29 is 4.79 Å². The van der Waals surface area contributed by atoms with Crippen molar-refractivity contribution in [3.05, 3.63) is 76.5 Å².